The first kappa shape index (κ1) is 14.6. The van der Waals surface area contributed by atoms with Gasteiger partial charge in [0.05, 0.1) is 5.02 Å². The van der Waals surface area contributed by atoms with Gasteiger partial charge in [-0.15, -0.1) is 0 Å². The summed E-state index contributed by atoms with van der Waals surface area (Å²) in [6, 6.07) is 7.42. The largest absolute Gasteiger partial charge is 0.264 e. The van der Waals surface area contributed by atoms with Crippen molar-refractivity contribution in [3.8, 4) is 0 Å². The molecule has 0 aliphatic carbocycles. The summed E-state index contributed by atoms with van der Waals surface area (Å²) in [5, 5.41) is 0.377. The van der Waals surface area contributed by atoms with Gasteiger partial charge in [0.15, 0.2) is 0 Å². The lowest BCUT2D eigenvalue weighted by atomic mass is 10.4. The van der Waals surface area contributed by atoms with E-state index in [2.05, 4.69) is 25.6 Å². The fourth-order valence-corrected chi connectivity index (χ4v) is 3.32. The molecule has 1 aromatic heterocycles. The van der Waals surface area contributed by atoms with Crippen molar-refractivity contribution in [2.24, 2.45) is 0 Å². The first-order chi connectivity index (χ1) is 8.88. The van der Waals surface area contributed by atoms with Gasteiger partial charge in [-0.25, -0.2) is 13.4 Å². The predicted octanol–water partition coefficient (Wildman–Crippen LogP) is 3.95. The quantitative estimate of drug-likeness (QED) is 0.875. The van der Waals surface area contributed by atoms with Crippen molar-refractivity contribution in [1.82, 2.24) is 4.98 Å². The van der Waals surface area contributed by atoms with Crippen LogP contribution in [-0.2, 0) is 10.0 Å². The third-order valence-electron chi connectivity index (χ3n) is 2.15. The summed E-state index contributed by atoms with van der Waals surface area (Å²) in [4.78, 5) is 3.84. The second-order valence-electron chi connectivity index (χ2n) is 3.54. The van der Waals surface area contributed by atoms with E-state index in [1.54, 1.807) is 6.07 Å². The molecule has 0 saturated heterocycles. The highest BCUT2D eigenvalue weighted by molar-refractivity contribution is 9.10. The van der Waals surface area contributed by atoms with E-state index < -0.39 is 10.0 Å². The van der Waals surface area contributed by atoms with Crippen molar-refractivity contribution >= 4 is 55.0 Å². The van der Waals surface area contributed by atoms with Crippen molar-refractivity contribution in [2.45, 2.75) is 4.90 Å². The summed E-state index contributed by atoms with van der Waals surface area (Å²) in [5.41, 5.74) is 0. The molecule has 1 aromatic carbocycles. The minimum Gasteiger partial charge on any atom is -0.263 e. The lowest BCUT2D eigenvalue weighted by Gasteiger charge is -2.09. The predicted molar refractivity (Wildman–Crippen MR) is 79.2 cm³/mol. The Kier molecular flexibility index (Phi) is 4.35. The molecule has 100 valence electrons. The number of anilines is 1. The number of benzene rings is 1. The maximum absolute atomic E-state index is 12.2. The van der Waals surface area contributed by atoms with Crippen LogP contribution in [0.15, 0.2) is 45.9 Å². The number of halogens is 3. The Balaban J connectivity index is 2.37. The molecule has 0 atom stereocenters. The molecule has 0 aliphatic rings. The fourth-order valence-electron chi connectivity index (χ4n) is 1.31. The molecule has 2 rings (SSSR count). The Morgan fingerprint density at radius 3 is 2.53 bits per heavy atom. The van der Waals surface area contributed by atoms with Gasteiger partial charge in [-0.05, 0) is 46.3 Å². The molecule has 0 amide bonds. The van der Waals surface area contributed by atoms with Crippen molar-refractivity contribution in [2.75, 3.05) is 4.72 Å². The molecular weight excluding hydrogens is 375 g/mol. The van der Waals surface area contributed by atoms with Crippen molar-refractivity contribution in [3.63, 3.8) is 0 Å². The number of nitrogens with one attached hydrogen (secondary N) is 1. The lowest BCUT2D eigenvalue weighted by Crippen LogP contribution is -2.14. The summed E-state index contributed by atoms with van der Waals surface area (Å²) in [6.45, 7) is 0. The number of hydrogen-bond donors (Lipinski definition) is 1. The molecule has 0 fully saturated rings. The van der Waals surface area contributed by atoms with Gasteiger partial charge >= 0.3 is 0 Å². The maximum Gasteiger partial charge on any atom is 0.264 e. The smallest absolute Gasteiger partial charge is 0.263 e. The third-order valence-corrected chi connectivity index (χ3v) is 4.69. The highest BCUT2D eigenvalue weighted by Crippen LogP contribution is 2.26. The molecule has 0 radical (unpaired) electrons. The van der Waals surface area contributed by atoms with E-state index in [0.29, 0.717) is 0 Å². The molecule has 0 spiro atoms. The van der Waals surface area contributed by atoms with Gasteiger partial charge in [0, 0.05) is 15.7 Å². The summed E-state index contributed by atoms with van der Waals surface area (Å²) in [6.07, 6.45) is 1.48. The highest BCUT2D eigenvalue weighted by Gasteiger charge is 2.19. The molecule has 8 heteroatoms. The Bertz CT molecular complexity index is 705. The molecule has 1 N–H and O–H groups in total. The van der Waals surface area contributed by atoms with Gasteiger partial charge in [0.25, 0.3) is 10.0 Å². The monoisotopic (exact) mass is 380 g/mol. The highest BCUT2D eigenvalue weighted by atomic mass is 79.9. The summed E-state index contributed by atoms with van der Waals surface area (Å²) in [7, 11) is -3.82. The van der Waals surface area contributed by atoms with E-state index in [1.807, 2.05) is 0 Å². The maximum atomic E-state index is 12.2. The van der Waals surface area contributed by atoms with Crippen LogP contribution >= 0.6 is 39.1 Å². The SMILES string of the molecule is O=S(=O)(Nc1ccc(Br)cn1)c1cc(Cl)ccc1Cl. The molecule has 4 nitrogen and oxygen atoms in total. The zero-order valence-electron chi connectivity index (χ0n) is 9.27. The first-order valence-electron chi connectivity index (χ1n) is 4.98. The normalized spacial score (nSPS) is 11.3. The average Bonchev–Trinajstić information content (AvgIpc) is 2.35. The number of hydrogen-bond acceptors (Lipinski definition) is 3. The van der Waals surface area contributed by atoms with E-state index >= 15 is 0 Å². The van der Waals surface area contributed by atoms with Gasteiger partial charge in [0.1, 0.15) is 10.7 Å². The molecule has 0 saturated carbocycles. The van der Waals surface area contributed by atoms with E-state index in [1.165, 1.54) is 30.5 Å². The van der Waals surface area contributed by atoms with Crippen LogP contribution in [-0.4, -0.2) is 13.4 Å². The van der Waals surface area contributed by atoms with Crippen LogP contribution in [0.3, 0.4) is 0 Å². The molecule has 0 bridgehead atoms. The Hall–Kier alpha value is -0.820. The third kappa shape index (κ3) is 3.60. The van der Waals surface area contributed by atoms with Crippen molar-refractivity contribution < 1.29 is 8.42 Å². The van der Waals surface area contributed by atoms with Crippen LogP contribution in [0, 0.1) is 0 Å². The van der Waals surface area contributed by atoms with Crippen molar-refractivity contribution in [1.29, 1.82) is 0 Å². The molecule has 0 unspecified atom stereocenters. The minimum atomic E-state index is -3.82. The van der Waals surface area contributed by atoms with Gasteiger partial charge < -0.3 is 0 Å². The van der Waals surface area contributed by atoms with Gasteiger partial charge in [0.2, 0.25) is 0 Å². The lowest BCUT2D eigenvalue weighted by molar-refractivity contribution is 0.601. The minimum absolute atomic E-state index is 0.0913. The number of aromatic nitrogens is 1. The summed E-state index contributed by atoms with van der Waals surface area (Å²) < 4.78 is 27.4. The van der Waals surface area contributed by atoms with Gasteiger partial charge in [-0.2, -0.15) is 0 Å². The molecule has 0 aliphatic heterocycles. The Morgan fingerprint density at radius 1 is 1.16 bits per heavy atom. The van der Waals surface area contributed by atoms with Crippen LogP contribution in [0.4, 0.5) is 5.82 Å². The zero-order valence-corrected chi connectivity index (χ0v) is 13.2. The summed E-state index contributed by atoms with van der Waals surface area (Å²) >= 11 is 14.9. The number of nitrogens with zero attached hydrogens (tertiary/aromatic N) is 1. The molecule has 1 heterocycles. The summed E-state index contributed by atoms with van der Waals surface area (Å²) in [5.74, 6) is 0.194. The van der Waals surface area contributed by atoms with Gasteiger partial charge in [-0.1, -0.05) is 23.2 Å². The zero-order chi connectivity index (χ0) is 14.0. The van der Waals surface area contributed by atoms with Crippen molar-refractivity contribution in [3.05, 3.63) is 51.0 Å². The van der Waals surface area contributed by atoms with E-state index in [4.69, 9.17) is 23.2 Å². The van der Waals surface area contributed by atoms with Gasteiger partial charge in [-0.3, -0.25) is 4.72 Å². The molecule has 2 aromatic rings. The molecule has 19 heavy (non-hydrogen) atoms. The standard InChI is InChI=1S/C11H7BrCl2N2O2S/c12-7-1-4-11(15-6-7)16-19(17,18)10-5-8(13)2-3-9(10)14/h1-6H,(H,15,16). The van der Waals surface area contributed by atoms with E-state index in [9.17, 15) is 8.42 Å². The van der Waals surface area contributed by atoms with Crippen LogP contribution < -0.4 is 4.72 Å². The van der Waals surface area contributed by atoms with Crippen LogP contribution in [0.25, 0.3) is 0 Å². The van der Waals surface area contributed by atoms with E-state index in [0.717, 1.165) is 4.47 Å². The van der Waals surface area contributed by atoms with E-state index in [-0.39, 0.29) is 20.8 Å². The molecular formula is C11H7BrCl2N2O2S. The number of rotatable bonds is 3. The number of sulfonamides is 1. The van der Waals surface area contributed by atoms with Crippen LogP contribution in [0.2, 0.25) is 10.0 Å². The second-order valence-corrected chi connectivity index (χ2v) is 6.95. The Labute approximate surface area is 128 Å². The second kappa shape index (κ2) is 5.66. The Morgan fingerprint density at radius 2 is 1.89 bits per heavy atom. The van der Waals surface area contributed by atoms with Crippen LogP contribution in [0.5, 0.6) is 0 Å². The first-order valence-corrected chi connectivity index (χ1v) is 8.01. The topological polar surface area (TPSA) is 59.1 Å². The average molecular weight is 382 g/mol. The fraction of sp³-hybridized carbons (Fsp3) is 0. The van der Waals surface area contributed by atoms with Crippen LogP contribution in [0.1, 0.15) is 0 Å². The number of pyridine rings is 1.